The molecule has 0 aliphatic carbocycles. The third kappa shape index (κ3) is 3.20. The summed E-state index contributed by atoms with van der Waals surface area (Å²) in [5, 5.41) is 7.56. The summed E-state index contributed by atoms with van der Waals surface area (Å²) in [6, 6.07) is 11.9. The maximum atomic E-state index is 12.2. The van der Waals surface area contributed by atoms with E-state index in [4.69, 9.17) is 0 Å². The molecule has 1 amide bonds. The lowest BCUT2D eigenvalue weighted by molar-refractivity contribution is 0.102. The predicted molar refractivity (Wildman–Crippen MR) is 89.2 cm³/mol. The Balaban J connectivity index is 1.73. The molecular weight excluding hydrogens is 300 g/mol. The number of nitrogens with zero attached hydrogens (tertiary/aromatic N) is 1. The van der Waals surface area contributed by atoms with E-state index in [0.717, 1.165) is 22.0 Å². The van der Waals surface area contributed by atoms with E-state index < -0.39 is 0 Å². The Kier molecular flexibility index (Phi) is 4.13. The summed E-state index contributed by atoms with van der Waals surface area (Å²) in [6.07, 6.45) is 0.991. The highest BCUT2D eigenvalue weighted by Crippen LogP contribution is 2.28. The van der Waals surface area contributed by atoms with E-state index in [1.807, 2.05) is 41.8 Å². The second kappa shape index (κ2) is 6.20. The number of thiophene rings is 1. The molecule has 0 unspecified atom stereocenters. The number of aromatic nitrogens is 1. The number of nitrogens with one attached hydrogen (secondary N) is 1. The smallest absolute Gasteiger partial charge is 0.275 e. The van der Waals surface area contributed by atoms with Crippen molar-refractivity contribution in [1.29, 1.82) is 0 Å². The second-order valence-electron chi connectivity index (χ2n) is 4.52. The van der Waals surface area contributed by atoms with Crippen LogP contribution in [0.25, 0.3) is 9.88 Å². The third-order valence-corrected chi connectivity index (χ3v) is 4.97. The lowest BCUT2D eigenvalue weighted by Gasteiger charge is -2.04. The van der Waals surface area contributed by atoms with E-state index in [2.05, 4.69) is 17.2 Å². The van der Waals surface area contributed by atoms with Gasteiger partial charge in [-0.15, -0.1) is 22.7 Å². The Bertz CT molecular complexity index is 730. The van der Waals surface area contributed by atoms with Gasteiger partial charge >= 0.3 is 0 Å². The fourth-order valence-corrected chi connectivity index (χ4v) is 3.52. The van der Waals surface area contributed by atoms with Crippen LogP contribution in [-0.4, -0.2) is 10.9 Å². The largest absolute Gasteiger partial charge is 0.321 e. The van der Waals surface area contributed by atoms with Crippen molar-refractivity contribution >= 4 is 34.3 Å². The normalized spacial score (nSPS) is 10.5. The molecule has 0 atom stereocenters. The Hall–Kier alpha value is -1.98. The van der Waals surface area contributed by atoms with E-state index in [1.54, 1.807) is 16.7 Å². The summed E-state index contributed by atoms with van der Waals surface area (Å²) in [6.45, 7) is 2.11. The molecule has 0 saturated carbocycles. The average Bonchev–Trinajstić information content (AvgIpc) is 3.19. The molecule has 1 aromatic carbocycles. The molecule has 3 rings (SSSR count). The van der Waals surface area contributed by atoms with Crippen molar-refractivity contribution in [3.63, 3.8) is 0 Å². The highest BCUT2D eigenvalue weighted by molar-refractivity contribution is 7.20. The van der Waals surface area contributed by atoms with Crippen LogP contribution in [0.15, 0.2) is 47.2 Å². The maximum absolute atomic E-state index is 12.2. The van der Waals surface area contributed by atoms with Gasteiger partial charge in [-0.3, -0.25) is 4.79 Å². The number of amides is 1. The minimum atomic E-state index is -0.168. The quantitative estimate of drug-likeness (QED) is 0.759. The fraction of sp³-hybridized carbons (Fsp3) is 0.125. The van der Waals surface area contributed by atoms with Crippen molar-refractivity contribution in [2.45, 2.75) is 13.3 Å². The van der Waals surface area contributed by atoms with Crippen LogP contribution in [0.5, 0.6) is 0 Å². The first-order chi connectivity index (χ1) is 10.3. The summed E-state index contributed by atoms with van der Waals surface area (Å²) >= 11 is 3.12. The standard InChI is InChI=1S/C16H14N2OS2/c1-2-11-5-7-12(8-6-11)17-15(19)13-10-21-16(18-13)14-4-3-9-20-14/h3-10H,2H2,1H3,(H,17,19). The van der Waals surface area contributed by atoms with Crippen molar-refractivity contribution in [2.75, 3.05) is 5.32 Å². The van der Waals surface area contributed by atoms with Crippen LogP contribution >= 0.6 is 22.7 Å². The first kappa shape index (κ1) is 14.0. The molecule has 21 heavy (non-hydrogen) atoms. The molecule has 2 aromatic heterocycles. The highest BCUT2D eigenvalue weighted by atomic mass is 32.1. The van der Waals surface area contributed by atoms with Gasteiger partial charge in [0.1, 0.15) is 10.7 Å². The van der Waals surface area contributed by atoms with E-state index in [-0.39, 0.29) is 5.91 Å². The molecule has 3 nitrogen and oxygen atoms in total. The summed E-state index contributed by atoms with van der Waals surface area (Å²) in [5.41, 5.74) is 2.51. The van der Waals surface area contributed by atoms with Gasteiger partial charge in [-0.1, -0.05) is 25.1 Å². The Morgan fingerprint density at radius 1 is 1.19 bits per heavy atom. The Labute approximate surface area is 131 Å². The number of aryl methyl sites for hydroxylation is 1. The molecule has 106 valence electrons. The van der Waals surface area contributed by atoms with Crippen LogP contribution in [0.2, 0.25) is 0 Å². The molecule has 0 bridgehead atoms. The molecule has 0 aliphatic rings. The predicted octanol–water partition coefficient (Wildman–Crippen LogP) is 4.69. The minimum absolute atomic E-state index is 0.168. The monoisotopic (exact) mass is 314 g/mol. The van der Waals surface area contributed by atoms with Crippen molar-refractivity contribution in [3.05, 3.63) is 58.4 Å². The zero-order valence-electron chi connectivity index (χ0n) is 11.5. The van der Waals surface area contributed by atoms with Crippen molar-refractivity contribution < 1.29 is 4.79 Å². The topological polar surface area (TPSA) is 42.0 Å². The highest BCUT2D eigenvalue weighted by Gasteiger charge is 2.12. The van der Waals surface area contributed by atoms with Crippen LogP contribution < -0.4 is 5.32 Å². The lowest BCUT2D eigenvalue weighted by Crippen LogP contribution is -2.12. The third-order valence-electron chi connectivity index (χ3n) is 3.09. The molecule has 0 radical (unpaired) electrons. The summed E-state index contributed by atoms with van der Waals surface area (Å²) in [7, 11) is 0. The minimum Gasteiger partial charge on any atom is -0.321 e. The van der Waals surface area contributed by atoms with Crippen LogP contribution in [0.3, 0.4) is 0 Å². The SMILES string of the molecule is CCc1ccc(NC(=O)c2csc(-c3cccs3)n2)cc1. The summed E-state index contributed by atoms with van der Waals surface area (Å²) < 4.78 is 0. The molecule has 2 heterocycles. The molecule has 0 fully saturated rings. The number of hydrogen-bond acceptors (Lipinski definition) is 4. The van der Waals surface area contributed by atoms with E-state index in [9.17, 15) is 4.79 Å². The second-order valence-corrected chi connectivity index (χ2v) is 6.33. The van der Waals surface area contributed by atoms with Crippen LogP contribution in [-0.2, 0) is 6.42 Å². The number of rotatable bonds is 4. The van der Waals surface area contributed by atoms with Crippen LogP contribution in [0.1, 0.15) is 23.0 Å². The van der Waals surface area contributed by atoms with Crippen LogP contribution in [0.4, 0.5) is 5.69 Å². The Morgan fingerprint density at radius 2 is 2.00 bits per heavy atom. The molecule has 0 spiro atoms. The van der Waals surface area contributed by atoms with Gasteiger partial charge in [-0.25, -0.2) is 4.98 Å². The van der Waals surface area contributed by atoms with E-state index in [1.165, 1.54) is 16.9 Å². The number of benzene rings is 1. The van der Waals surface area contributed by atoms with E-state index >= 15 is 0 Å². The molecule has 0 aliphatic heterocycles. The van der Waals surface area contributed by atoms with Gasteiger partial charge in [-0.2, -0.15) is 0 Å². The van der Waals surface area contributed by atoms with Gasteiger partial charge in [0.2, 0.25) is 0 Å². The van der Waals surface area contributed by atoms with Crippen molar-refractivity contribution in [2.24, 2.45) is 0 Å². The summed E-state index contributed by atoms with van der Waals surface area (Å²) in [4.78, 5) is 17.7. The average molecular weight is 314 g/mol. The molecule has 5 heteroatoms. The van der Waals surface area contributed by atoms with Gasteiger partial charge in [0.25, 0.3) is 5.91 Å². The van der Waals surface area contributed by atoms with Gasteiger partial charge in [-0.05, 0) is 35.6 Å². The zero-order valence-corrected chi connectivity index (χ0v) is 13.1. The number of thiazole rings is 1. The van der Waals surface area contributed by atoms with Crippen LogP contribution in [0, 0.1) is 0 Å². The van der Waals surface area contributed by atoms with Crippen molar-refractivity contribution in [3.8, 4) is 9.88 Å². The van der Waals surface area contributed by atoms with E-state index in [0.29, 0.717) is 5.69 Å². The maximum Gasteiger partial charge on any atom is 0.275 e. The first-order valence-electron chi connectivity index (χ1n) is 6.66. The lowest BCUT2D eigenvalue weighted by atomic mass is 10.1. The fourth-order valence-electron chi connectivity index (χ4n) is 1.91. The number of carbonyl (C=O) groups excluding carboxylic acids is 1. The first-order valence-corrected chi connectivity index (χ1v) is 8.42. The Morgan fingerprint density at radius 3 is 2.67 bits per heavy atom. The molecular formula is C16H14N2OS2. The van der Waals surface area contributed by atoms with Gasteiger partial charge in [0, 0.05) is 11.1 Å². The zero-order chi connectivity index (χ0) is 14.7. The number of carbonyl (C=O) groups is 1. The number of anilines is 1. The van der Waals surface area contributed by atoms with Gasteiger partial charge in [0.15, 0.2) is 0 Å². The molecule has 0 saturated heterocycles. The van der Waals surface area contributed by atoms with Gasteiger partial charge in [0.05, 0.1) is 4.88 Å². The van der Waals surface area contributed by atoms with Crippen molar-refractivity contribution in [1.82, 2.24) is 4.98 Å². The van der Waals surface area contributed by atoms with Gasteiger partial charge < -0.3 is 5.32 Å². The number of hydrogen-bond donors (Lipinski definition) is 1. The summed E-state index contributed by atoms with van der Waals surface area (Å²) in [5.74, 6) is -0.168. The molecule has 3 aromatic rings. The molecule has 1 N–H and O–H groups in total.